The van der Waals surface area contributed by atoms with Crippen LogP contribution in [0.2, 0.25) is 0 Å². The van der Waals surface area contributed by atoms with Crippen molar-refractivity contribution in [1.29, 1.82) is 0 Å². The summed E-state index contributed by atoms with van der Waals surface area (Å²) in [5, 5.41) is 10.9. The lowest BCUT2D eigenvalue weighted by Gasteiger charge is -2.17. The van der Waals surface area contributed by atoms with E-state index in [0.29, 0.717) is 6.54 Å². The Labute approximate surface area is 117 Å². The highest BCUT2D eigenvalue weighted by Crippen LogP contribution is 2.22. The smallest absolute Gasteiger partial charge is 0.345 e. The van der Waals surface area contributed by atoms with Crippen molar-refractivity contribution in [2.75, 3.05) is 32.0 Å². The van der Waals surface area contributed by atoms with Gasteiger partial charge in [-0.3, -0.25) is 10.1 Å². The molecule has 0 heterocycles. The first kappa shape index (κ1) is 15.9. The largest absolute Gasteiger partial charge is 0.461 e. The molecule has 110 valence electrons. The number of carbonyl (C=O) groups is 1. The number of nitrogens with zero attached hydrogens (tertiary/aromatic N) is 2. The Hall–Kier alpha value is -2.15. The SMILES string of the molecule is CCN(CC)CCOC(=O)c1ccc(N)cc1[N+](=O)[O-]. The number of nitro groups is 1. The van der Waals surface area contributed by atoms with Gasteiger partial charge in [-0.25, -0.2) is 4.79 Å². The molecule has 1 aromatic carbocycles. The molecule has 0 radical (unpaired) electrons. The second kappa shape index (κ2) is 7.44. The van der Waals surface area contributed by atoms with Crippen LogP contribution < -0.4 is 5.73 Å². The molecule has 0 aliphatic rings. The van der Waals surface area contributed by atoms with E-state index in [4.69, 9.17) is 10.5 Å². The monoisotopic (exact) mass is 281 g/mol. The maximum Gasteiger partial charge on any atom is 0.345 e. The van der Waals surface area contributed by atoms with Gasteiger partial charge in [0.25, 0.3) is 5.69 Å². The van der Waals surface area contributed by atoms with Crippen LogP contribution in [-0.4, -0.2) is 42.0 Å². The van der Waals surface area contributed by atoms with E-state index in [0.717, 1.165) is 19.2 Å². The van der Waals surface area contributed by atoms with Crippen molar-refractivity contribution < 1.29 is 14.5 Å². The van der Waals surface area contributed by atoms with Crippen molar-refractivity contribution in [3.05, 3.63) is 33.9 Å². The maximum atomic E-state index is 11.9. The van der Waals surface area contributed by atoms with Crippen LogP contribution in [0.3, 0.4) is 0 Å². The van der Waals surface area contributed by atoms with Gasteiger partial charge in [-0.05, 0) is 25.2 Å². The molecule has 0 saturated carbocycles. The molecule has 0 unspecified atom stereocenters. The maximum absolute atomic E-state index is 11.9. The van der Waals surface area contributed by atoms with Gasteiger partial charge in [-0.2, -0.15) is 0 Å². The molecule has 0 atom stereocenters. The molecule has 0 aliphatic carbocycles. The molecular weight excluding hydrogens is 262 g/mol. The summed E-state index contributed by atoms with van der Waals surface area (Å²) in [6.07, 6.45) is 0. The molecule has 7 heteroatoms. The average Bonchev–Trinajstić information content (AvgIpc) is 2.43. The number of hydrogen-bond acceptors (Lipinski definition) is 6. The standard InChI is InChI=1S/C13H19N3O4/c1-3-15(4-2)7-8-20-13(17)11-6-5-10(14)9-12(11)16(18)19/h5-6,9H,3-4,7-8,14H2,1-2H3. The van der Waals surface area contributed by atoms with Crippen molar-refractivity contribution in [1.82, 2.24) is 4.90 Å². The lowest BCUT2D eigenvalue weighted by molar-refractivity contribution is -0.385. The summed E-state index contributed by atoms with van der Waals surface area (Å²) in [7, 11) is 0. The van der Waals surface area contributed by atoms with Crippen LogP contribution in [0.4, 0.5) is 11.4 Å². The summed E-state index contributed by atoms with van der Waals surface area (Å²) in [4.78, 5) is 24.2. The first-order valence-corrected chi connectivity index (χ1v) is 6.43. The summed E-state index contributed by atoms with van der Waals surface area (Å²) in [6, 6.07) is 3.90. The summed E-state index contributed by atoms with van der Waals surface area (Å²) >= 11 is 0. The number of carbonyl (C=O) groups excluding carboxylic acids is 1. The molecule has 1 aromatic rings. The number of esters is 1. The molecule has 0 fully saturated rings. The minimum Gasteiger partial charge on any atom is -0.461 e. The highest BCUT2D eigenvalue weighted by molar-refractivity contribution is 5.94. The van der Waals surface area contributed by atoms with Crippen LogP contribution in [0, 0.1) is 10.1 Å². The number of nitrogens with two attached hydrogens (primary N) is 1. The van der Waals surface area contributed by atoms with Gasteiger partial charge in [0.05, 0.1) is 4.92 Å². The van der Waals surface area contributed by atoms with Gasteiger partial charge >= 0.3 is 5.97 Å². The van der Waals surface area contributed by atoms with E-state index in [1.165, 1.54) is 12.1 Å². The molecule has 0 aromatic heterocycles. The number of nitrogen functional groups attached to an aromatic ring is 1. The zero-order valence-corrected chi connectivity index (χ0v) is 11.7. The Morgan fingerprint density at radius 1 is 1.40 bits per heavy atom. The Kier molecular flexibility index (Phi) is 5.92. The summed E-state index contributed by atoms with van der Waals surface area (Å²) in [5.74, 6) is -0.705. The Balaban J connectivity index is 2.70. The fourth-order valence-electron chi connectivity index (χ4n) is 1.76. The minimum absolute atomic E-state index is 0.0799. The van der Waals surface area contributed by atoms with E-state index < -0.39 is 10.9 Å². The van der Waals surface area contributed by atoms with Gasteiger partial charge in [0.15, 0.2) is 0 Å². The minimum atomic E-state index is -0.705. The van der Waals surface area contributed by atoms with Gasteiger partial charge in [-0.1, -0.05) is 13.8 Å². The number of likely N-dealkylation sites (N-methyl/N-ethyl adjacent to an activating group) is 1. The predicted octanol–water partition coefficient (Wildman–Crippen LogP) is 1.68. The number of benzene rings is 1. The number of hydrogen-bond donors (Lipinski definition) is 1. The van der Waals surface area contributed by atoms with Crippen LogP contribution in [0.25, 0.3) is 0 Å². The summed E-state index contributed by atoms with van der Waals surface area (Å²) < 4.78 is 5.07. The fraction of sp³-hybridized carbons (Fsp3) is 0.462. The molecule has 0 saturated heterocycles. The topological polar surface area (TPSA) is 98.7 Å². The van der Waals surface area contributed by atoms with E-state index in [1.54, 1.807) is 0 Å². The van der Waals surface area contributed by atoms with E-state index >= 15 is 0 Å². The van der Waals surface area contributed by atoms with Crippen LogP contribution >= 0.6 is 0 Å². The van der Waals surface area contributed by atoms with Crippen molar-refractivity contribution in [3.63, 3.8) is 0 Å². The Bertz CT molecular complexity index is 487. The third-order valence-electron chi connectivity index (χ3n) is 2.97. The number of rotatable bonds is 7. The molecule has 0 amide bonds. The Morgan fingerprint density at radius 3 is 2.60 bits per heavy atom. The highest BCUT2D eigenvalue weighted by Gasteiger charge is 2.21. The first-order chi connectivity index (χ1) is 9.49. The fourth-order valence-corrected chi connectivity index (χ4v) is 1.76. The van der Waals surface area contributed by atoms with Crippen molar-refractivity contribution >= 4 is 17.3 Å². The molecule has 20 heavy (non-hydrogen) atoms. The van der Waals surface area contributed by atoms with Crippen LogP contribution in [0.15, 0.2) is 18.2 Å². The number of anilines is 1. The van der Waals surface area contributed by atoms with Gasteiger partial charge in [0, 0.05) is 18.3 Å². The van der Waals surface area contributed by atoms with E-state index in [9.17, 15) is 14.9 Å². The van der Waals surface area contributed by atoms with Crippen LogP contribution in [0.5, 0.6) is 0 Å². The molecular formula is C13H19N3O4. The van der Waals surface area contributed by atoms with Crippen molar-refractivity contribution in [3.8, 4) is 0 Å². The molecule has 1 rings (SSSR count). The predicted molar refractivity (Wildman–Crippen MR) is 75.6 cm³/mol. The summed E-state index contributed by atoms with van der Waals surface area (Å²) in [5.41, 5.74) is 5.30. The molecule has 0 aliphatic heterocycles. The van der Waals surface area contributed by atoms with Gasteiger partial charge < -0.3 is 15.4 Å². The number of nitro benzene ring substituents is 1. The van der Waals surface area contributed by atoms with Crippen molar-refractivity contribution in [2.45, 2.75) is 13.8 Å². The Morgan fingerprint density at radius 2 is 2.05 bits per heavy atom. The first-order valence-electron chi connectivity index (χ1n) is 6.43. The third-order valence-corrected chi connectivity index (χ3v) is 2.97. The lowest BCUT2D eigenvalue weighted by atomic mass is 10.1. The molecule has 7 nitrogen and oxygen atoms in total. The highest BCUT2D eigenvalue weighted by atomic mass is 16.6. The van der Waals surface area contributed by atoms with Crippen LogP contribution in [0.1, 0.15) is 24.2 Å². The van der Waals surface area contributed by atoms with Gasteiger partial charge in [0.2, 0.25) is 0 Å². The van der Waals surface area contributed by atoms with Crippen LogP contribution in [-0.2, 0) is 4.74 Å². The molecule has 0 bridgehead atoms. The lowest BCUT2D eigenvalue weighted by Crippen LogP contribution is -2.28. The molecule has 2 N–H and O–H groups in total. The zero-order valence-electron chi connectivity index (χ0n) is 11.7. The zero-order chi connectivity index (χ0) is 15.1. The second-order valence-corrected chi connectivity index (χ2v) is 4.20. The number of ether oxygens (including phenoxy) is 1. The van der Waals surface area contributed by atoms with Gasteiger partial charge in [-0.15, -0.1) is 0 Å². The second-order valence-electron chi connectivity index (χ2n) is 4.20. The normalized spacial score (nSPS) is 10.6. The van der Waals surface area contributed by atoms with Gasteiger partial charge in [0.1, 0.15) is 12.2 Å². The summed E-state index contributed by atoms with van der Waals surface area (Å²) in [6.45, 7) is 6.53. The van der Waals surface area contributed by atoms with E-state index in [2.05, 4.69) is 4.90 Å². The van der Waals surface area contributed by atoms with E-state index in [1.807, 2.05) is 13.8 Å². The van der Waals surface area contributed by atoms with Crippen molar-refractivity contribution in [2.24, 2.45) is 0 Å². The third kappa shape index (κ3) is 4.20. The molecule has 0 spiro atoms. The average molecular weight is 281 g/mol. The quantitative estimate of drug-likeness (QED) is 0.353. The van der Waals surface area contributed by atoms with E-state index in [-0.39, 0.29) is 23.5 Å².